The number of benzene rings is 1. The molecule has 1 N–H and O–H groups in total. The van der Waals surface area contributed by atoms with Gasteiger partial charge in [-0.25, -0.2) is 9.97 Å². The highest BCUT2D eigenvalue weighted by atomic mass is 35.5. The van der Waals surface area contributed by atoms with Crippen LogP contribution in [0.3, 0.4) is 0 Å². The molecule has 0 spiro atoms. The molecular weight excluding hydrogens is 387 g/mol. The van der Waals surface area contributed by atoms with Crippen molar-refractivity contribution in [1.29, 1.82) is 0 Å². The summed E-state index contributed by atoms with van der Waals surface area (Å²) in [5, 5.41) is 12.2. The van der Waals surface area contributed by atoms with E-state index in [0.29, 0.717) is 44.7 Å². The van der Waals surface area contributed by atoms with Gasteiger partial charge in [-0.1, -0.05) is 35.3 Å². The fourth-order valence-corrected chi connectivity index (χ4v) is 4.29. The molecule has 27 heavy (non-hydrogen) atoms. The van der Waals surface area contributed by atoms with Crippen LogP contribution in [0.1, 0.15) is 0 Å². The molecule has 2 aromatic heterocycles. The molecule has 0 amide bonds. The molecule has 2 aliphatic heterocycles. The van der Waals surface area contributed by atoms with Gasteiger partial charge in [0.2, 0.25) is 6.39 Å². The van der Waals surface area contributed by atoms with E-state index in [1.54, 1.807) is 12.3 Å². The molecule has 0 radical (unpaired) electrons. The lowest BCUT2D eigenvalue weighted by atomic mass is 10.0. The maximum Gasteiger partial charge on any atom is 0.269 e. The standard InChI is InChI=1S/C18H16Cl2N6O/c19-13-3-1-2-12(15(13)20)14-6-22-17(16(24-14)18-25-23-9-27-18)26-7-10-4-21-5-11(10)8-26/h1-3,6,9-11,21H,4-5,7-8H2. The van der Waals surface area contributed by atoms with E-state index in [4.69, 9.17) is 37.6 Å². The van der Waals surface area contributed by atoms with Gasteiger partial charge in [0.1, 0.15) is 0 Å². The maximum atomic E-state index is 6.37. The first-order valence-electron chi connectivity index (χ1n) is 8.74. The number of anilines is 1. The lowest BCUT2D eigenvalue weighted by Crippen LogP contribution is -2.27. The molecule has 0 bridgehead atoms. The lowest BCUT2D eigenvalue weighted by molar-refractivity contribution is 0.533. The van der Waals surface area contributed by atoms with Crippen LogP contribution in [0, 0.1) is 11.8 Å². The van der Waals surface area contributed by atoms with Gasteiger partial charge in [-0.15, -0.1) is 10.2 Å². The lowest BCUT2D eigenvalue weighted by Gasteiger charge is -2.20. The van der Waals surface area contributed by atoms with E-state index in [2.05, 4.69) is 20.4 Å². The zero-order valence-corrected chi connectivity index (χ0v) is 15.8. The SMILES string of the molecule is Clc1cccc(-c2cnc(N3CC4CNCC4C3)c(-c3nnco3)n2)c1Cl. The van der Waals surface area contributed by atoms with Crippen molar-refractivity contribution in [2.75, 3.05) is 31.1 Å². The summed E-state index contributed by atoms with van der Waals surface area (Å²) < 4.78 is 5.44. The van der Waals surface area contributed by atoms with E-state index in [-0.39, 0.29) is 0 Å². The summed E-state index contributed by atoms with van der Waals surface area (Å²) in [5.74, 6) is 2.36. The van der Waals surface area contributed by atoms with Crippen molar-refractivity contribution < 1.29 is 4.42 Å². The van der Waals surface area contributed by atoms with E-state index in [0.717, 1.165) is 32.0 Å². The Morgan fingerprint density at radius 3 is 2.70 bits per heavy atom. The van der Waals surface area contributed by atoms with Gasteiger partial charge < -0.3 is 14.6 Å². The summed E-state index contributed by atoms with van der Waals surface area (Å²) in [6.45, 7) is 3.96. The largest absolute Gasteiger partial charge is 0.422 e. The van der Waals surface area contributed by atoms with Crippen molar-refractivity contribution in [1.82, 2.24) is 25.5 Å². The minimum Gasteiger partial charge on any atom is -0.422 e. The summed E-state index contributed by atoms with van der Waals surface area (Å²) in [4.78, 5) is 11.7. The van der Waals surface area contributed by atoms with Gasteiger partial charge in [0.25, 0.3) is 5.89 Å². The molecule has 2 atom stereocenters. The van der Waals surface area contributed by atoms with Crippen molar-refractivity contribution in [3.63, 3.8) is 0 Å². The normalized spacial score (nSPS) is 21.6. The third kappa shape index (κ3) is 2.96. The zero-order valence-electron chi connectivity index (χ0n) is 14.3. The molecule has 1 aromatic carbocycles. The third-order valence-corrected chi connectivity index (χ3v) is 6.05. The molecular formula is C18H16Cl2N6O. The fourth-order valence-electron chi connectivity index (χ4n) is 3.89. The van der Waals surface area contributed by atoms with Gasteiger partial charge in [-0.05, 0) is 17.9 Å². The molecule has 5 rings (SSSR count). The monoisotopic (exact) mass is 402 g/mol. The van der Waals surface area contributed by atoms with Crippen LogP contribution in [0.2, 0.25) is 10.0 Å². The molecule has 3 aromatic rings. The van der Waals surface area contributed by atoms with Crippen LogP contribution >= 0.6 is 23.2 Å². The minimum atomic E-state index is 0.340. The third-order valence-electron chi connectivity index (χ3n) is 5.23. The van der Waals surface area contributed by atoms with Crippen LogP contribution in [-0.2, 0) is 0 Å². The summed E-state index contributed by atoms with van der Waals surface area (Å²) in [5.41, 5.74) is 1.89. The number of hydrogen-bond donors (Lipinski definition) is 1. The second-order valence-electron chi connectivity index (χ2n) is 6.86. The second-order valence-corrected chi connectivity index (χ2v) is 7.64. The van der Waals surface area contributed by atoms with Crippen LogP contribution in [0.5, 0.6) is 0 Å². The number of fused-ring (bicyclic) bond motifs is 1. The van der Waals surface area contributed by atoms with E-state index in [1.807, 2.05) is 12.1 Å². The Balaban J connectivity index is 1.59. The molecule has 0 saturated carbocycles. The highest BCUT2D eigenvalue weighted by Gasteiger charge is 2.38. The molecule has 2 unspecified atom stereocenters. The quantitative estimate of drug-likeness (QED) is 0.720. The van der Waals surface area contributed by atoms with Crippen molar-refractivity contribution >= 4 is 29.0 Å². The van der Waals surface area contributed by atoms with Gasteiger partial charge in [0.15, 0.2) is 11.5 Å². The Morgan fingerprint density at radius 2 is 1.96 bits per heavy atom. The number of rotatable bonds is 3. The Morgan fingerprint density at radius 1 is 1.15 bits per heavy atom. The van der Waals surface area contributed by atoms with Crippen molar-refractivity contribution in [3.8, 4) is 22.8 Å². The van der Waals surface area contributed by atoms with Crippen LogP contribution in [0.15, 0.2) is 35.2 Å². The molecule has 2 fully saturated rings. The van der Waals surface area contributed by atoms with Gasteiger partial charge in [0.05, 0.1) is 21.9 Å². The number of hydrogen-bond acceptors (Lipinski definition) is 7. The van der Waals surface area contributed by atoms with E-state index < -0.39 is 0 Å². The highest BCUT2D eigenvalue weighted by Crippen LogP contribution is 2.37. The Kier molecular flexibility index (Phi) is 4.22. The molecule has 2 saturated heterocycles. The molecule has 9 heteroatoms. The molecule has 0 aliphatic carbocycles. The first-order chi connectivity index (χ1) is 13.2. The minimum absolute atomic E-state index is 0.340. The average molecular weight is 403 g/mol. The maximum absolute atomic E-state index is 6.37. The number of halogens is 2. The average Bonchev–Trinajstić information content (AvgIpc) is 3.41. The molecule has 4 heterocycles. The number of nitrogens with zero attached hydrogens (tertiary/aromatic N) is 5. The van der Waals surface area contributed by atoms with Crippen LogP contribution in [0.4, 0.5) is 5.82 Å². The number of aromatic nitrogens is 4. The predicted octanol–water partition coefficient (Wildman–Crippen LogP) is 3.16. The van der Waals surface area contributed by atoms with E-state index >= 15 is 0 Å². The van der Waals surface area contributed by atoms with Crippen molar-refractivity contribution in [2.45, 2.75) is 0 Å². The Bertz CT molecular complexity index is 968. The summed E-state index contributed by atoms with van der Waals surface area (Å²) in [7, 11) is 0. The highest BCUT2D eigenvalue weighted by molar-refractivity contribution is 6.43. The van der Waals surface area contributed by atoms with Crippen LogP contribution in [0.25, 0.3) is 22.8 Å². The smallest absolute Gasteiger partial charge is 0.269 e. The molecule has 2 aliphatic rings. The zero-order chi connectivity index (χ0) is 18.4. The predicted molar refractivity (Wildman–Crippen MR) is 103 cm³/mol. The first kappa shape index (κ1) is 16.9. The van der Waals surface area contributed by atoms with Gasteiger partial charge in [-0.2, -0.15) is 0 Å². The van der Waals surface area contributed by atoms with Crippen LogP contribution in [-0.4, -0.2) is 46.3 Å². The topological polar surface area (TPSA) is 80.0 Å². The van der Waals surface area contributed by atoms with Gasteiger partial charge >= 0.3 is 0 Å². The second kappa shape index (κ2) is 6.74. The summed E-state index contributed by atoms with van der Waals surface area (Å²) in [6.07, 6.45) is 3.02. The van der Waals surface area contributed by atoms with Gasteiger partial charge in [-0.3, -0.25) is 0 Å². The summed E-state index contributed by atoms with van der Waals surface area (Å²) >= 11 is 12.5. The van der Waals surface area contributed by atoms with Crippen molar-refractivity contribution in [2.24, 2.45) is 11.8 Å². The summed E-state index contributed by atoms with van der Waals surface area (Å²) in [6, 6.07) is 5.44. The van der Waals surface area contributed by atoms with Gasteiger partial charge in [0, 0.05) is 31.7 Å². The van der Waals surface area contributed by atoms with E-state index in [1.165, 1.54) is 6.39 Å². The molecule has 7 nitrogen and oxygen atoms in total. The van der Waals surface area contributed by atoms with Crippen LogP contribution < -0.4 is 10.2 Å². The Hall–Kier alpha value is -2.22. The Labute approximate surface area is 165 Å². The number of nitrogens with one attached hydrogen (secondary N) is 1. The van der Waals surface area contributed by atoms with E-state index in [9.17, 15) is 0 Å². The van der Waals surface area contributed by atoms with Crippen molar-refractivity contribution in [3.05, 3.63) is 40.8 Å². The molecule has 138 valence electrons. The first-order valence-corrected chi connectivity index (χ1v) is 9.50. The fraction of sp³-hybridized carbons (Fsp3) is 0.333.